The second-order valence-electron chi connectivity index (χ2n) is 4.38. The number of carboxylic acids is 1. The van der Waals surface area contributed by atoms with Crippen LogP contribution in [0, 0.1) is 0 Å². The van der Waals surface area contributed by atoms with Crippen LogP contribution in [0.5, 0.6) is 5.75 Å². The molecule has 0 atom stereocenters. The molecule has 0 aliphatic rings. The molecule has 7 heteroatoms. The van der Waals surface area contributed by atoms with Crippen molar-refractivity contribution in [3.05, 3.63) is 29.8 Å². The van der Waals surface area contributed by atoms with Crippen LogP contribution in [0.2, 0.25) is 0 Å². The molecule has 0 saturated heterocycles. The van der Waals surface area contributed by atoms with Crippen molar-refractivity contribution in [2.45, 2.75) is 6.42 Å². The first-order valence-corrected chi connectivity index (χ1v) is 8.30. The molecule has 20 heavy (non-hydrogen) atoms. The van der Waals surface area contributed by atoms with E-state index in [9.17, 15) is 13.2 Å². The smallest absolute Gasteiger partial charge is 0.339 e. The summed E-state index contributed by atoms with van der Waals surface area (Å²) < 4.78 is 27.2. The molecule has 1 aromatic carbocycles. The van der Waals surface area contributed by atoms with E-state index in [2.05, 4.69) is 5.32 Å². The molecule has 0 heterocycles. The monoisotopic (exact) mass is 301 g/mol. The first-order chi connectivity index (χ1) is 9.40. The Morgan fingerprint density at radius 2 is 2.00 bits per heavy atom. The first kappa shape index (κ1) is 16.5. The van der Waals surface area contributed by atoms with Gasteiger partial charge in [-0.15, -0.1) is 0 Å². The van der Waals surface area contributed by atoms with Crippen LogP contribution in [0.4, 0.5) is 0 Å². The largest absolute Gasteiger partial charge is 0.491 e. The van der Waals surface area contributed by atoms with E-state index in [1.165, 1.54) is 12.3 Å². The summed E-state index contributed by atoms with van der Waals surface area (Å²) in [6.07, 6.45) is 1.75. The molecular formula is C13H19NO5S. The number of para-hydroxylation sites is 1. The van der Waals surface area contributed by atoms with Crippen LogP contribution < -0.4 is 10.1 Å². The van der Waals surface area contributed by atoms with E-state index < -0.39 is 15.8 Å². The summed E-state index contributed by atoms with van der Waals surface area (Å²) in [6.45, 7) is 1.43. The lowest BCUT2D eigenvalue weighted by atomic mass is 10.2. The Hall–Kier alpha value is -1.60. The maximum Gasteiger partial charge on any atom is 0.339 e. The number of benzene rings is 1. The van der Waals surface area contributed by atoms with Crippen LogP contribution in [0.15, 0.2) is 24.3 Å². The molecule has 6 nitrogen and oxygen atoms in total. The summed E-state index contributed by atoms with van der Waals surface area (Å²) in [6, 6.07) is 6.44. The van der Waals surface area contributed by atoms with E-state index in [-0.39, 0.29) is 11.3 Å². The lowest BCUT2D eigenvalue weighted by Crippen LogP contribution is -2.24. The van der Waals surface area contributed by atoms with Gasteiger partial charge in [-0.3, -0.25) is 0 Å². The minimum absolute atomic E-state index is 0.129. The van der Waals surface area contributed by atoms with Gasteiger partial charge in [0.25, 0.3) is 0 Å². The zero-order valence-electron chi connectivity index (χ0n) is 11.3. The van der Waals surface area contributed by atoms with Crippen molar-refractivity contribution in [2.75, 3.05) is 31.7 Å². The number of carboxylic acid groups (broad SMARTS) is 1. The second-order valence-corrected chi connectivity index (χ2v) is 6.64. The summed E-state index contributed by atoms with van der Waals surface area (Å²) in [5, 5.41) is 12.0. The predicted octanol–water partition coefficient (Wildman–Crippen LogP) is 0.788. The first-order valence-electron chi connectivity index (χ1n) is 6.24. The molecular weight excluding hydrogens is 282 g/mol. The lowest BCUT2D eigenvalue weighted by Gasteiger charge is -2.09. The Morgan fingerprint density at radius 1 is 1.30 bits per heavy atom. The van der Waals surface area contributed by atoms with Gasteiger partial charge in [-0.25, -0.2) is 13.2 Å². The summed E-state index contributed by atoms with van der Waals surface area (Å²) in [4.78, 5) is 10.9. The zero-order chi connectivity index (χ0) is 15.0. The molecule has 0 fully saturated rings. The highest BCUT2D eigenvalue weighted by Gasteiger charge is 2.09. The van der Waals surface area contributed by atoms with Crippen molar-refractivity contribution in [2.24, 2.45) is 0 Å². The summed E-state index contributed by atoms with van der Waals surface area (Å²) in [5.74, 6) is -0.539. The molecule has 0 unspecified atom stereocenters. The van der Waals surface area contributed by atoms with Gasteiger partial charge >= 0.3 is 5.97 Å². The molecule has 112 valence electrons. The molecule has 0 aromatic heterocycles. The number of hydrogen-bond donors (Lipinski definition) is 2. The van der Waals surface area contributed by atoms with Crippen molar-refractivity contribution in [1.29, 1.82) is 0 Å². The predicted molar refractivity (Wildman–Crippen MR) is 76.1 cm³/mol. The molecule has 0 aliphatic heterocycles. The number of sulfone groups is 1. The van der Waals surface area contributed by atoms with Gasteiger partial charge in [0, 0.05) is 12.8 Å². The molecule has 0 spiro atoms. The normalized spacial score (nSPS) is 11.2. The fourth-order valence-electron chi connectivity index (χ4n) is 1.59. The molecule has 0 bridgehead atoms. The van der Waals surface area contributed by atoms with E-state index in [0.717, 1.165) is 0 Å². The van der Waals surface area contributed by atoms with Crippen molar-refractivity contribution in [3.8, 4) is 5.75 Å². The topological polar surface area (TPSA) is 92.7 Å². The lowest BCUT2D eigenvalue weighted by molar-refractivity contribution is 0.0692. The quantitative estimate of drug-likeness (QED) is 0.655. The molecule has 0 saturated carbocycles. The Morgan fingerprint density at radius 3 is 2.65 bits per heavy atom. The third-order valence-electron chi connectivity index (χ3n) is 2.52. The number of hydrogen-bond acceptors (Lipinski definition) is 5. The van der Waals surface area contributed by atoms with E-state index in [4.69, 9.17) is 9.84 Å². The number of nitrogens with one attached hydrogen (secondary N) is 1. The summed E-state index contributed by atoms with van der Waals surface area (Å²) in [5.41, 5.74) is 0.129. The number of ether oxygens (including phenoxy) is 1. The van der Waals surface area contributed by atoms with Gasteiger partial charge in [-0.05, 0) is 25.1 Å². The maximum atomic E-state index is 10.9. The van der Waals surface area contributed by atoms with Gasteiger partial charge in [0.2, 0.25) is 0 Å². The Bertz CT molecular complexity index is 541. The van der Waals surface area contributed by atoms with Crippen LogP contribution >= 0.6 is 0 Å². The Balaban J connectivity index is 2.24. The van der Waals surface area contributed by atoms with Crippen LogP contribution in [0.3, 0.4) is 0 Å². The fourth-order valence-corrected chi connectivity index (χ4v) is 2.26. The average Bonchev–Trinajstić information content (AvgIpc) is 2.36. The van der Waals surface area contributed by atoms with Crippen molar-refractivity contribution >= 4 is 15.8 Å². The van der Waals surface area contributed by atoms with Crippen molar-refractivity contribution in [1.82, 2.24) is 5.32 Å². The van der Waals surface area contributed by atoms with Crippen LogP contribution in [0.25, 0.3) is 0 Å². The van der Waals surface area contributed by atoms with Crippen molar-refractivity contribution < 1.29 is 23.1 Å². The Kier molecular flexibility index (Phi) is 6.47. The van der Waals surface area contributed by atoms with Crippen LogP contribution in [-0.4, -0.2) is 51.2 Å². The average molecular weight is 301 g/mol. The van der Waals surface area contributed by atoms with Gasteiger partial charge in [0.1, 0.15) is 27.8 Å². The van der Waals surface area contributed by atoms with E-state index in [1.54, 1.807) is 18.2 Å². The highest BCUT2D eigenvalue weighted by molar-refractivity contribution is 7.90. The van der Waals surface area contributed by atoms with Crippen molar-refractivity contribution in [3.63, 3.8) is 0 Å². The number of aromatic carboxylic acids is 1. The second kappa shape index (κ2) is 7.86. The number of rotatable bonds is 9. The molecule has 2 N–H and O–H groups in total. The van der Waals surface area contributed by atoms with Crippen LogP contribution in [0.1, 0.15) is 16.8 Å². The maximum absolute atomic E-state index is 10.9. The Labute approximate surface area is 118 Å². The van der Waals surface area contributed by atoms with Crippen LogP contribution in [-0.2, 0) is 9.84 Å². The fraction of sp³-hybridized carbons (Fsp3) is 0.462. The molecule has 0 amide bonds. The highest BCUT2D eigenvalue weighted by atomic mass is 32.2. The standard InChI is InChI=1S/C13H19NO5S/c1-20(17,18)10-4-7-14-8-9-19-12-6-3-2-5-11(12)13(15)16/h2-3,5-6,14H,4,7-10H2,1H3,(H,15,16). The van der Waals surface area contributed by atoms with Gasteiger partial charge < -0.3 is 15.2 Å². The van der Waals surface area contributed by atoms with E-state index in [0.29, 0.717) is 31.9 Å². The summed E-state index contributed by atoms with van der Waals surface area (Å²) in [7, 11) is -2.91. The minimum atomic E-state index is -2.91. The zero-order valence-corrected chi connectivity index (χ0v) is 12.1. The molecule has 0 radical (unpaired) electrons. The molecule has 1 aromatic rings. The van der Waals surface area contributed by atoms with Gasteiger partial charge in [-0.1, -0.05) is 12.1 Å². The SMILES string of the molecule is CS(=O)(=O)CCCNCCOc1ccccc1C(=O)O. The third kappa shape index (κ3) is 6.53. The summed E-state index contributed by atoms with van der Waals surface area (Å²) >= 11 is 0. The molecule has 0 aliphatic carbocycles. The van der Waals surface area contributed by atoms with Gasteiger partial charge in [0.15, 0.2) is 0 Å². The number of carbonyl (C=O) groups is 1. The van der Waals surface area contributed by atoms with Gasteiger partial charge in [-0.2, -0.15) is 0 Å². The van der Waals surface area contributed by atoms with Gasteiger partial charge in [0.05, 0.1) is 5.75 Å². The van der Waals surface area contributed by atoms with E-state index >= 15 is 0 Å². The minimum Gasteiger partial charge on any atom is -0.491 e. The highest BCUT2D eigenvalue weighted by Crippen LogP contribution is 2.17. The molecule has 1 rings (SSSR count). The third-order valence-corrected chi connectivity index (χ3v) is 3.55. The van der Waals surface area contributed by atoms with E-state index in [1.807, 2.05) is 0 Å².